The Morgan fingerprint density at radius 1 is 1.11 bits per heavy atom. The molecule has 0 N–H and O–H groups in total. The van der Waals surface area contributed by atoms with Gasteiger partial charge in [0.2, 0.25) is 10.0 Å². The van der Waals surface area contributed by atoms with E-state index in [-0.39, 0.29) is 23.6 Å². The van der Waals surface area contributed by atoms with Gasteiger partial charge in [-0.05, 0) is 62.2 Å². The van der Waals surface area contributed by atoms with Crippen molar-refractivity contribution in [2.45, 2.75) is 52.0 Å². The molecule has 0 aliphatic rings. The van der Waals surface area contributed by atoms with Gasteiger partial charge in [0, 0.05) is 23.7 Å². The lowest BCUT2D eigenvalue weighted by Gasteiger charge is -2.20. The summed E-state index contributed by atoms with van der Waals surface area (Å²) in [5, 5.41) is 0.535. The molecule has 3 aromatic rings. The Labute approximate surface area is 220 Å². The molecular formula is C25H30ClN3O5S2. The van der Waals surface area contributed by atoms with Crippen LogP contribution in [-0.2, 0) is 26.1 Å². The number of aryl methyl sites for hydroxylation is 1. The molecule has 0 aliphatic carbocycles. The molecule has 194 valence electrons. The first-order valence-corrected chi connectivity index (χ1v) is 14.4. The monoisotopic (exact) mass is 551 g/mol. The van der Waals surface area contributed by atoms with E-state index in [0.717, 1.165) is 23.1 Å². The predicted molar refractivity (Wildman–Crippen MR) is 142 cm³/mol. The highest BCUT2D eigenvalue weighted by Gasteiger charge is 2.23. The Morgan fingerprint density at radius 2 is 1.81 bits per heavy atom. The maximum Gasteiger partial charge on any atom is 0.326 e. The highest BCUT2D eigenvalue weighted by molar-refractivity contribution is 7.89. The van der Waals surface area contributed by atoms with Crippen molar-refractivity contribution in [3.05, 3.63) is 57.3 Å². The van der Waals surface area contributed by atoms with E-state index >= 15 is 0 Å². The Balaban J connectivity index is 2.00. The van der Waals surface area contributed by atoms with Gasteiger partial charge in [-0.1, -0.05) is 43.2 Å². The number of fused-ring (bicyclic) bond motifs is 1. The summed E-state index contributed by atoms with van der Waals surface area (Å²) in [6.45, 7) is 8.29. The summed E-state index contributed by atoms with van der Waals surface area (Å²) >= 11 is 7.56. The van der Waals surface area contributed by atoms with Gasteiger partial charge in [0.15, 0.2) is 4.80 Å². The minimum atomic E-state index is -3.65. The van der Waals surface area contributed by atoms with Crippen molar-refractivity contribution < 1.29 is 22.7 Å². The first kappa shape index (κ1) is 28.0. The quantitative estimate of drug-likeness (QED) is 0.338. The summed E-state index contributed by atoms with van der Waals surface area (Å²) in [5.74, 6) is -1.01. The third-order valence-corrected chi connectivity index (χ3v) is 9.11. The van der Waals surface area contributed by atoms with Crippen LogP contribution in [0.4, 0.5) is 0 Å². The van der Waals surface area contributed by atoms with Crippen LogP contribution in [0.5, 0.6) is 0 Å². The Bertz CT molecular complexity index is 1430. The van der Waals surface area contributed by atoms with Crippen LogP contribution < -0.4 is 4.80 Å². The highest BCUT2D eigenvalue weighted by atomic mass is 35.5. The topological polar surface area (TPSA) is 98.0 Å². The second-order valence-electron chi connectivity index (χ2n) is 8.09. The van der Waals surface area contributed by atoms with Crippen LogP contribution in [0, 0.1) is 6.92 Å². The van der Waals surface area contributed by atoms with Crippen LogP contribution in [0.15, 0.2) is 46.3 Å². The van der Waals surface area contributed by atoms with Crippen molar-refractivity contribution in [1.82, 2.24) is 8.87 Å². The Kier molecular flexibility index (Phi) is 9.46. The third kappa shape index (κ3) is 6.05. The number of hydrogen-bond donors (Lipinski definition) is 0. The summed E-state index contributed by atoms with van der Waals surface area (Å²) in [6.07, 6.45) is 1.66. The van der Waals surface area contributed by atoms with Crippen molar-refractivity contribution in [1.29, 1.82) is 0 Å². The van der Waals surface area contributed by atoms with E-state index in [1.165, 1.54) is 39.9 Å². The second-order valence-corrected chi connectivity index (χ2v) is 11.4. The van der Waals surface area contributed by atoms with E-state index in [9.17, 15) is 18.0 Å². The molecule has 0 unspecified atom stereocenters. The number of amides is 1. The van der Waals surface area contributed by atoms with Crippen molar-refractivity contribution in [3.8, 4) is 0 Å². The van der Waals surface area contributed by atoms with Crippen LogP contribution in [-0.4, -0.2) is 48.9 Å². The van der Waals surface area contributed by atoms with Gasteiger partial charge >= 0.3 is 5.97 Å². The van der Waals surface area contributed by atoms with E-state index in [1.807, 2.05) is 19.9 Å². The molecule has 0 fully saturated rings. The normalized spacial score (nSPS) is 12.4. The summed E-state index contributed by atoms with van der Waals surface area (Å²) in [6, 6.07) is 9.34. The van der Waals surface area contributed by atoms with Gasteiger partial charge in [0.25, 0.3) is 5.91 Å². The molecule has 3 rings (SSSR count). The third-order valence-electron chi connectivity index (χ3n) is 5.67. The van der Waals surface area contributed by atoms with E-state index in [0.29, 0.717) is 28.4 Å². The van der Waals surface area contributed by atoms with Crippen LogP contribution in [0.25, 0.3) is 10.2 Å². The standard InChI is InChI=1S/C25H30ClN3O5S2/c1-5-8-15-28(6-2)36(32,33)19-11-9-18(10-12-19)24(31)27-25-29(16-22(30)34-7-3)23-17(4)20(26)13-14-21(23)35-25/h9-14H,5-8,15-16H2,1-4H3. The SMILES string of the molecule is CCCCN(CC)S(=O)(=O)c1ccc(C(=O)N=c2sc3ccc(Cl)c(C)c3n2CC(=O)OCC)cc1. The maximum atomic E-state index is 13.0. The van der Waals surface area contributed by atoms with Gasteiger partial charge in [-0.2, -0.15) is 9.30 Å². The number of sulfonamides is 1. The molecule has 36 heavy (non-hydrogen) atoms. The maximum absolute atomic E-state index is 13.0. The molecule has 0 spiro atoms. The zero-order chi connectivity index (χ0) is 26.5. The summed E-state index contributed by atoms with van der Waals surface area (Å²) in [5.41, 5.74) is 1.71. The lowest BCUT2D eigenvalue weighted by atomic mass is 10.2. The molecule has 0 saturated heterocycles. The Hall–Kier alpha value is -2.53. The fraction of sp³-hybridized carbons (Fsp3) is 0.400. The van der Waals surface area contributed by atoms with Crippen molar-refractivity contribution >= 4 is 55.1 Å². The van der Waals surface area contributed by atoms with E-state index < -0.39 is 21.9 Å². The van der Waals surface area contributed by atoms with Crippen molar-refractivity contribution in [2.24, 2.45) is 4.99 Å². The van der Waals surface area contributed by atoms with Crippen LogP contribution in [0.2, 0.25) is 5.02 Å². The summed E-state index contributed by atoms with van der Waals surface area (Å²) < 4.78 is 34.9. The van der Waals surface area contributed by atoms with Crippen LogP contribution in [0.3, 0.4) is 0 Å². The number of aromatic nitrogens is 1. The van der Waals surface area contributed by atoms with Gasteiger partial charge < -0.3 is 9.30 Å². The van der Waals surface area contributed by atoms with Crippen molar-refractivity contribution in [2.75, 3.05) is 19.7 Å². The van der Waals surface area contributed by atoms with E-state index in [4.69, 9.17) is 16.3 Å². The summed E-state index contributed by atoms with van der Waals surface area (Å²) in [7, 11) is -3.65. The molecule has 0 atom stereocenters. The average Bonchev–Trinajstić information content (AvgIpc) is 3.19. The number of esters is 1. The molecule has 1 amide bonds. The molecule has 8 nitrogen and oxygen atoms in total. The molecule has 2 aromatic carbocycles. The van der Waals surface area contributed by atoms with E-state index in [2.05, 4.69) is 4.99 Å². The minimum absolute atomic E-state index is 0.122. The number of carbonyl (C=O) groups excluding carboxylic acids is 2. The number of halogens is 1. The van der Waals surface area contributed by atoms with Gasteiger partial charge in [0.1, 0.15) is 6.54 Å². The van der Waals surface area contributed by atoms with E-state index in [1.54, 1.807) is 24.5 Å². The number of hydrogen-bond acceptors (Lipinski definition) is 6. The number of nitrogens with zero attached hydrogens (tertiary/aromatic N) is 3. The average molecular weight is 552 g/mol. The molecule has 1 heterocycles. The first-order chi connectivity index (χ1) is 17.1. The van der Waals surface area contributed by atoms with Gasteiger partial charge in [-0.15, -0.1) is 0 Å². The second kappa shape index (κ2) is 12.1. The summed E-state index contributed by atoms with van der Waals surface area (Å²) in [4.78, 5) is 30.0. The lowest BCUT2D eigenvalue weighted by Crippen LogP contribution is -2.31. The zero-order valence-electron chi connectivity index (χ0n) is 20.8. The molecule has 0 aliphatic heterocycles. The number of ether oxygens (including phenoxy) is 1. The molecular weight excluding hydrogens is 522 g/mol. The predicted octanol–water partition coefficient (Wildman–Crippen LogP) is 4.78. The fourth-order valence-electron chi connectivity index (χ4n) is 3.74. The zero-order valence-corrected chi connectivity index (χ0v) is 23.2. The van der Waals surface area contributed by atoms with Gasteiger partial charge in [-0.3, -0.25) is 9.59 Å². The number of rotatable bonds is 10. The molecule has 0 bridgehead atoms. The lowest BCUT2D eigenvalue weighted by molar-refractivity contribution is -0.143. The first-order valence-electron chi connectivity index (χ1n) is 11.8. The molecule has 1 aromatic heterocycles. The van der Waals surface area contributed by atoms with Gasteiger partial charge in [0.05, 0.1) is 21.7 Å². The largest absolute Gasteiger partial charge is 0.465 e. The number of benzene rings is 2. The van der Waals surface area contributed by atoms with Gasteiger partial charge in [-0.25, -0.2) is 8.42 Å². The number of carbonyl (C=O) groups is 2. The van der Waals surface area contributed by atoms with Crippen molar-refractivity contribution in [3.63, 3.8) is 0 Å². The molecule has 11 heteroatoms. The highest BCUT2D eigenvalue weighted by Crippen LogP contribution is 2.27. The smallest absolute Gasteiger partial charge is 0.326 e. The molecule has 0 saturated carbocycles. The van der Waals surface area contributed by atoms with Crippen LogP contribution in [0.1, 0.15) is 49.5 Å². The molecule has 0 radical (unpaired) electrons. The number of thiazole rings is 1. The number of unbranched alkanes of at least 4 members (excludes halogenated alkanes) is 1. The fourth-order valence-corrected chi connectivity index (χ4v) is 6.46. The Morgan fingerprint density at radius 3 is 2.42 bits per heavy atom. The van der Waals surface area contributed by atoms with Crippen LogP contribution >= 0.6 is 22.9 Å². The minimum Gasteiger partial charge on any atom is -0.465 e.